The maximum absolute atomic E-state index is 12.0. The highest BCUT2D eigenvalue weighted by atomic mass is 32.2. The third-order valence-electron chi connectivity index (χ3n) is 4.58. The smallest absolute Gasteiger partial charge is 0.211 e. The Bertz CT molecular complexity index is 349. The Hall–Kier alpha value is -0.130. The summed E-state index contributed by atoms with van der Waals surface area (Å²) in [6.45, 7) is 6.97. The van der Waals surface area contributed by atoms with Crippen molar-refractivity contribution < 1.29 is 8.42 Å². The minimum Gasteiger partial charge on any atom is -0.317 e. The number of sulfonamides is 1. The van der Waals surface area contributed by atoms with Crippen LogP contribution in [0.1, 0.15) is 65.2 Å². The molecule has 0 radical (unpaired) electrons. The van der Waals surface area contributed by atoms with E-state index >= 15 is 0 Å². The molecule has 1 aliphatic carbocycles. The minimum atomic E-state index is -3.07. The summed E-state index contributed by atoms with van der Waals surface area (Å²) in [7, 11) is -3.07. The molecule has 0 aromatic carbocycles. The highest BCUT2D eigenvalue weighted by molar-refractivity contribution is 7.89. The molecule has 0 saturated heterocycles. The van der Waals surface area contributed by atoms with Crippen molar-refractivity contribution in [3.63, 3.8) is 0 Å². The lowest BCUT2D eigenvalue weighted by atomic mass is 9.81. The SMILES string of the molecule is CCCNCCCCS(=O)(=O)NCC1CCC(CC)CC1. The van der Waals surface area contributed by atoms with Gasteiger partial charge in [-0.25, -0.2) is 13.1 Å². The Kier molecular flexibility index (Phi) is 9.52. The van der Waals surface area contributed by atoms with Gasteiger partial charge in [-0.2, -0.15) is 0 Å². The molecular weight excluding hydrogens is 284 g/mol. The predicted octanol–water partition coefficient (Wildman–Crippen LogP) is 2.90. The number of rotatable bonds is 11. The maximum atomic E-state index is 12.0. The zero-order chi connectivity index (χ0) is 15.6. The molecule has 0 amide bonds. The molecule has 1 saturated carbocycles. The second-order valence-electron chi connectivity index (χ2n) is 6.42. The van der Waals surface area contributed by atoms with Crippen molar-refractivity contribution in [2.45, 2.75) is 65.2 Å². The maximum Gasteiger partial charge on any atom is 0.211 e. The molecule has 4 nitrogen and oxygen atoms in total. The summed E-state index contributed by atoms with van der Waals surface area (Å²) >= 11 is 0. The lowest BCUT2D eigenvalue weighted by Gasteiger charge is -2.27. The molecular formula is C16H34N2O2S. The molecule has 126 valence electrons. The van der Waals surface area contributed by atoms with Crippen molar-refractivity contribution >= 4 is 10.0 Å². The summed E-state index contributed by atoms with van der Waals surface area (Å²) in [6, 6.07) is 0. The first-order valence-electron chi connectivity index (χ1n) is 8.75. The number of unbranched alkanes of at least 4 members (excludes halogenated alkanes) is 1. The molecule has 0 aliphatic heterocycles. The van der Waals surface area contributed by atoms with E-state index in [0.717, 1.165) is 38.3 Å². The Labute approximate surface area is 131 Å². The van der Waals surface area contributed by atoms with Crippen LogP contribution in [0.4, 0.5) is 0 Å². The summed E-state index contributed by atoms with van der Waals surface area (Å²) in [5, 5.41) is 3.30. The molecule has 0 aromatic rings. The Balaban J connectivity index is 2.09. The van der Waals surface area contributed by atoms with E-state index in [4.69, 9.17) is 0 Å². The van der Waals surface area contributed by atoms with E-state index in [0.29, 0.717) is 12.5 Å². The van der Waals surface area contributed by atoms with E-state index in [2.05, 4.69) is 23.9 Å². The quantitative estimate of drug-likeness (QED) is 0.576. The predicted molar refractivity (Wildman–Crippen MR) is 89.9 cm³/mol. The Morgan fingerprint density at radius 2 is 1.62 bits per heavy atom. The van der Waals surface area contributed by atoms with Gasteiger partial charge in [0.1, 0.15) is 0 Å². The monoisotopic (exact) mass is 318 g/mol. The molecule has 5 heteroatoms. The molecule has 1 rings (SSSR count). The van der Waals surface area contributed by atoms with E-state index in [9.17, 15) is 8.42 Å². The van der Waals surface area contributed by atoms with Gasteiger partial charge in [0.2, 0.25) is 10.0 Å². The second kappa shape index (κ2) is 10.6. The first-order chi connectivity index (χ1) is 10.1. The van der Waals surface area contributed by atoms with Gasteiger partial charge in [-0.05, 0) is 57.0 Å². The van der Waals surface area contributed by atoms with Crippen LogP contribution in [0.2, 0.25) is 0 Å². The largest absolute Gasteiger partial charge is 0.317 e. The van der Waals surface area contributed by atoms with Crippen molar-refractivity contribution in [2.24, 2.45) is 11.8 Å². The van der Waals surface area contributed by atoms with Gasteiger partial charge in [0, 0.05) is 6.54 Å². The molecule has 0 heterocycles. The Morgan fingerprint density at radius 3 is 2.24 bits per heavy atom. The van der Waals surface area contributed by atoms with E-state index in [1.54, 1.807) is 0 Å². The van der Waals surface area contributed by atoms with Crippen molar-refractivity contribution in [1.82, 2.24) is 10.0 Å². The van der Waals surface area contributed by atoms with Crippen LogP contribution in [0.5, 0.6) is 0 Å². The summed E-state index contributed by atoms with van der Waals surface area (Å²) in [6.07, 6.45) is 8.98. The van der Waals surface area contributed by atoms with Crippen molar-refractivity contribution in [3.8, 4) is 0 Å². The normalized spacial score (nSPS) is 23.3. The summed E-state index contributed by atoms with van der Waals surface area (Å²) in [4.78, 5) is 0. The number of hydrogen-bond acceptors (Lipinski definition) is 3. The molecule has 2 N–H and O–H groups in total. The van der Waals surface area contributed by atoms with Gasteiger partial charge in [0.05, 0.1) is 5.75 Å². The van der Waals surface area contributed by atoms with Gasteiger partial charge in [0.15, 0.2) is 0 Å². The average Bonchev–Trinajstić information content (AvgIpc) is 2.49. The molecule has 21 heavy (non-hydrogen) atoms. The van der Waals surface area contributed by atoms with Crippen molar-refractivity contribution in [1.29, 1.82) is 0 Å². The molecule has 1 aliphatic rings. The van der Waals surface area contributed by atoms with E-state index < -0.39 is 10.0 Å². The molecule has 0 bridgehead atoms. The lowest BCUT2D eigenvalue weighted by Crippen LogP contribution is -2.33. The third-order valence-corrected chi connectivity index (χ3v) is 6.01. The van der Waals surface area contributed by atoms with Crippen LogP contribution in [0.3, 0.4) is 0 Å². The van der Waals surface area contributed by atoms with Gasteiger partial charge in [-0.1, -0.05) is 33.1 Å². The van der Waals surface area contributed by atoms with E-state index in [1.165, 1.54) is 32.1 Å². The first-order valence-corrected chi connectivity index (χ1v) is 10.4. The molecule has 0 aromatic heterocycles. The lowest BCUT2D eigenvalue weighted by molar-refractivity contribution is 0.270. The highest BCUT2D eigenvalue weighted by Gasteiger charge is 2.21. The molecule has 0 atom stereocenters. The molecule has 0 unspecified atom stereocenters. The van der Waals surface area contributed by atoms with Gasteiger partial charge in [-0.3, -0.25) is 0 Å². The standard InChI is InChI=1S/C16H34N2O2S/c1-3-11-17-12-5-6-13-21(19,20)18-14-16-9-7-15(4-2)8-10-16/h15-18H,3-14H2,1-2H3. The van der Waals surface area contributed by atoms with Crippen molar-refractivity contribution in [2.75, 3.05) is 25.4 Å². The summed E-state index contributed by atoms with van der Waals surface area (Å²) < 4.78 is 26.7. The van der Waals surface area contributed by atoms with Gasteiger partial charge < -0.3 is 5.32 Å². The van der Waals surface area contributed by atoms with Crippen LogP contribution < -0.4 is 10.0 Å². The fraction of sp³-hybridized carbons (Fsp3) is 1.00. The van der Waals surface area contributed by atoms with Crippen LogP contribution in [0.15, 0.2) is 0 Å². The topological polar surface area (TPSA) is 58.2 Å². The third kappa shape index (κ3) is 8.79. The first kappa shape index (κ1) is 18.9. The number of nitrogens with one attached hydrogen (secondary N) is 2. The van der Waals surface area contributed by atoms with Crippen LogP contribution in [-0.2, 0) is 10.0 Å². The van der Waals surface area contributed by atoms with Crippen LogP contribution >= 0.6 is 0 Å². The fourth-order valence-corrected chi connectivity index (χ4v) is 4.22. The number of hydrogen-bond donors (Lipinski definition) is 2. The van der Waals surface area contributed by atoms with E-state index in [-0.39, 0.29) is 5.75 Å². The average molecular weight is 319 g/mol. The summed E-state index contributed by atoms with van der Waals surface area (Å²) in [5.41, 5.74) is 0. The zero-order valence-corrected chi connectivity index (χ0v) is 14.7. The zero-order valence-electron chi connectivity index (χ0n) is 13.9. The fourth-order valence-electron chi connectivity index (χ4n) is 3.00. The second-order valence-corrected chi connectivity index (χ2v) is 8.35. The minimum absolute atomic E-state index is 0.269. The van der Waals surface area contributed by atoms with Crippen LogP contribution in [0, 0.1) is 11.8 Å². The Morgan fingerprint density at radius 1 is 0.952 bits per heavy atom. The van der Waals surface area contributed by atoms with Gasteiger partial charge >= 0.3 is 0 Å². The van der Waals surface area contributed by atoms with Gasteiger partial charge in [0.25, 0.3) is 0 Å². The van der Waals surface area contributed by atoms with Crippen molar-refractivity contribution in [3.05, 3.63) is 0 Å². The van der Waals surface area contributed by atoms with Gasteiger partial charge in [-0.15, -0.1) is 0 Å². The highest BCUT2D eigenvalue weighted by Crippen LogP contribution is 2.30. The van der Waals surface area contributed by atoms with E-state index in [1.807, 2.05) is 0 Å². The summed E-state index contributed by atoms with van der Waals surface area (Å²) in [5.74, 6) is 1.69. The molecule has 1 fully saturated rings. The van der Waals surface area contributed by atoms with Crippen LogP contribution in [-0.4, -0.2) is 33.8 Å². The molecule has 0 spiro atoms. The van der Waals surface area contributed by atoms with Crippen LogP contribution in [0.25, 0.3) is 0 Å².